The minimum atomic E-state index is -1.42. The molecule has 1 heterocycles. The lowest BCUT2D eigenvalue weighted by Gasteiger charge is -2.40. The SMILES string of the molecule is OC[C@H]1O[C@@H](c2ccc(Cl)c(Cc3ccc(OC/C=C/C4CC4)cc3)c2)[C@H](O)C(O)[C@@H]1O. The van der Waals surface area contributed by atoms with Crippen molar-refractivity contribution < 1.29 is 29.9 Å². The predicted octanol–water partition coefficient (Wildman–Crippen LogP) is 2.79. The number of ether oxygens (including phenoxy) is 2. The average molecular weight is 461 g/mol. The quantitative estimate of drug-likeness (QED) is 0.452. The Kier molecular flexibility index (Phi) is 7.51. The summed E-state index contributed by atoms with van der Waals surface area (Å²) >= 11 is 6.41. The second-order valence-corrected chi connectivity index (χ2v) is 8.90. The molecular formula is C25H29ClO6. The van der Waals surface area contributed by atoms with Crippen molar-refractivity contribution in [2.75, 3.05) is 13.2 Å². The molecule has 2 fully saturated rings. The topological polar surface area (TPSA) is 99.4 Å². The van der Waals surface area contributed by atoms with E-state index in [9.17, 15) is 20.4 Å². The highest BCUT2D eigenvalue weighted by Gasteiger charge is 2.44. The summed E-state index contributed by atoms with van der Waals surface area (Å²) in [5.74, 6) is 1.54. The molecule has 2 aromatic rings. The maximum atomic E-state index is 10.4. The van der Waals surface area contributed by atoms with Crippen molar-refractivity contribution in [3.8, 4) is 5.75 Å². The van der Waals surface area contributed by atoms with Crippen LogP contribution in [-0.4, -0.2) is 58.1 Å². The molecule has 32 heavy (non-hydrogen) atoms. The zero-order valence-corrected chi connectivity index (χ0v) is 18.4. The van der Waals surface area contributed by atoms with E-state index < -0.39 is 37.1 Å². The Balaban J connectivity index is 1.43. The molecule has 1 saturated heterocycles. The average Bonchev–Trinajstić information content (AvgIpc) is 3.63. The summed E-state index contributed by atoms with van der Waals surface area (Å²) in [4.78, 5) is 0. The maximum Gasteiger partial charge on any atom is 0.119 e. The first kappa shape index (κ1) is 23.2. The van der Waals surface area contributed by atoms with Crippen LogP contribution in [0.5, 0.6) is 5.75 Å². The molecule has 0 radical (unpaired) electrons. The molecule has 4 N–H and O–H groups in total. The molecule has 6 nitrogen and oxygen atoms in total. The van der Waals surface area contributed by atoms with Crippen molar-refractivity contribution >= 4 is 11.6 Å². The minimum absolute atomic E-state index is 0.466. The van der Waals surface area contributed by atoms with Gasteiger partial charge < -0.3 is 29.9 Å². The lowest BCUT2D eigenvalue weighted by Crippen LogP contribution is -2.55. The third-order valence-electron chi connectivity index (χ3n) is 5.98. The molecule has 0 amide bonds. The lowest BCUT2D eigenvalue weighted by molar-refractivity contribution is -0.231. The smallest absolute Gasteiger partial charge is 0.119 e. The Morgan fingerprint density at radius 1 is 1.00 bits per heavy atom. The number of hydrogen-bond acceptors (Lipinski definition) is 6. The number of benzene rings is 2. The number of aliphatic hydroxyl groups excluding tert-OH is 4. The van der Waals surface area contributed by atoms with E-state index in [1.165, 1.54) is 12.8 Å². The standard InChI is InChI=1S/C25H29ClO6/c26-20-10-7-17(25-24(30)23(29)22(28)21(14-27)32-25)13-18(20)12-16-5-8-19(9-6-16)31-11-1-2-15-3-4-15/h1-2,5-10,13,15,21-25,27-30H,3-4,11-12,14H2/b2-1+/t21-,22-,23?,24-,25+/m1/s1. The van der Waals surface area contributed by atoms with Crippen molar-refractivity contribution in [2.24, 2.45) is 5.92 Å². The summed E-state index contributed by atoms with van der Waals surface area (Å²) in [6.45, 7) is 0.0928. The van der Waals surface area contributed by atoms with E-state index >= 15 is 0 Å². The van der Waals surface area contributed by atoms with Gasteiger partial charge in [0.25, 0.3) is 0 Å². The summed E-state index contributed by atoms with van der Waals surface area (Å²) in [6.07, 6.45) is 1.43. The maximum absolute atomic E-state index is 10.4. The molecule has 2 aliphatic rings. The fraction of sp³-hybridized carbons (Fsp3) is 0.440. The van der Waals surface area contributed by atoms with Crippen LogP contribution >= 0.6 is 11.6 Å². The molecule has 5 atom stereocenters. The predicted molar refractivity (Wildman–Crippen MR) is 121 cm³/mol. The van der Waals surface area contributed by atoms with Gasteiger partial charge in [-0.1, -0.05) is 48.0 Å². The lowest BCUT2D eigenvalue weighted by atomic mass is 9.90. The highest BCUT2D eigenvalue weighted by Crippen LogP contribution is 2.34. The van der Waals surface area contributed by atoms with Crippen molar-refractivity contribution in [2.45, 2.75) is 49.8 Å². The molecule has 7 heteroatoms. The van der Waals surface area contributed by atoms with Gasteiger partial charge in [-0.05, 0) is 60.1 Å². The van der Waals surface area contributed by atoms with Crippen molar-refractivity contribution in [3.05, 3.63) is 76.3 Å². The van der Waals surface area contributed by atoms with Gasteiger partial charge >= 0.3 is 0 Å². The fourth-order valence-electron chi connectivity index (χ4n) is 3.89. The zero-order chi connectivity index (χ0) is 22.7. The van der Waals surface area contributed by atoms with E-state index in [4.69, 9.17) is 21.1 Å². The number of halogens is 1. The first-order chi connectivity index (χ1) is 15.5. The molecule has 0 bridgehead atoms. The Labute approximate surface area is 192 Å². The number of hydrogen-bond donors (Lipinski definition) is 4. The summed E-state index contributed by atoms with van der Waals surface area (Å²) in [6, 6.07) is 13.1. The van der Waals surface area contributed by atoms with Gasteiger partial charge in [0.15, 0.2) is 0 Å². The van der Waals surface area contributed by atoms with Crippen LogP contribution in [0, 0.1) is 5.92 Å². The second kappa shape index (κ2) is 10.3. The molecule has 1 unspecified atom stereocenters. The number of aliphatic hydroxyl groups is 4. The van der Waals surface area contributed by atoms with E-state index in [1.807, 2.05) is 30.3 Å². The minimum Gasteiger partial charge on any atom is -0.490 e. The van der Waals surface area contributed by atoms with Crippen molar-refractivity contribution in [3.63, 3.8) is 0 Å². The monoisotopic (exact) mass is 460 g/mol. The molecule has 1 aliphatic heterocycles. The van der Waals surface area contributed by atoms with Gasteiger partial charge in [-0.25, -0.2) is 0 Å². The Bertz CT molecular complexity index is 925. The largest absolute Gasteiger partial charge is 0.490 e. The van der Waals surface area contributed by atoms with E-state index in [0.29, 0.717) is 23.6 Å². The molecule has 1 aliphatic carbocycles. The van der Waals surface area contributed by atoms with E-state index in [0.717, 1.165) is 22.8 Å². The van der Waals surface area contributed by atoms with Gasteiger partial charge in [-0.2, -0.15) is 0 Å². The van der Waals surface area contributed by atoms with Crippen LogP contribution in [0.2, 0.25) is 5.02 Å². The number of allylic oxidation sites excluding steroid dienone is 1. The number of rotatable bonds is 8. The molecule has 0 spiro atoms. The van der Waals surface area contributed by atoms with Crippen LogP contribution in [0.3, 0.4) is 0 Å². The van der Waals surface area contributed by atoms with Gasteiger partial charge in [-0.15, -0.1) is 0 Å². The first-order valence-corrected chi connectivity index (χ1v) is 11.3. The third-order valence-corrected chi connectivity index (χ3v) is 6.35. The van der Waals surface area contributed by atoms with Crippen molar-refractivity contribution in [1.29, 1.82) is 0 Å². The normalized spacial score (nSPS) is 28.2. The first-order valence-electron chi connectivity index (χ1n) is 10.9. The van der Waals surface area contributed by atoms with Gasteiger partial charge in [0, 0.05) is 5.02 Å². The molecular weight excluding hydrogens is 432 g/mol. The molecule has 4 rings (SSSR count). The summed E-state index contributed by atoms with van der Waals surface area (Å²) in [5.41, 5.74) is 2.49. The van der Waals surface area contributed by atoms with Crippen LogP contribution in [0.1, 0.15) is 35.6 Å². The van der Waals surface area contributed by atoms with Gasteiger partial charge in [0.1, 0.15) is 42.9 Å². The molecule has 0 aromatic heterocycles. The molecule has 1 saturated carbocycles. The van der Waals surface area contributed by atoms with Crippen LogP contribution < -0.4 is 4.74 Å². The second-order valence-electron chi connectivity index (χ2n) is 8.50. The van der Waals surface area contributed by atoms with Gasteiger partial charge in [-0.3, -0.25) is 0 Å². The van der Waals surface area contributed by atoms with Crippen LogP contribution in [-0.2, 0) is 11.2 Å². The summed E-state index contributed by atoms with van der Waals surface area (Å²) in [7, 11) is 0. The van der Waals surface area contributed by atoms with Crippen LogP contribution in [0.15, 0.2) is 54.6 Å². The van der Waals surface area contributed by atoms with Gasteiger partial charge in [0.05, 0.1) is 6.61 Å². The third kappa shape index (κ3) is 5.52. The van der Waals surface area contributed by atoms with Crippen LogP contribution in [0.4, 0.5) is 0 Å². The summed E-state index contributed by atoms with van der Waals surface area (Å²) < 4.78 is 11.4. The highest BCUT2D eigenvalue weighted by atomic mass is 35.5. The van der Waals surface area contributed by atoms with E-state index in [2.05, 4.69) is 12.2 Å². The highest BCUT2D eigenvalue weighted by molar-refractivity contribution is 6.31. The zero-order valence-electron chi connectivity index (χ0n) is 17.7. The van der Waals surface area contributed by atoms with E-state index in [-0.39, 0.29) is 0 Å². The molecule has 2 aromatic carbocycles. The van der Waals surface area contributed by atoms with Gasteiger partial charge in [0.2, 0.25) is 0 Å². The Morgan fingerprint density at radius 3 is 2.44 bits per heavy atom. The fourth-order valence-corrected chi connectivity index (χ4v) is 4.07. The Hall–Kier alpha value is -1.93. The van der Waals surface area contributed by atoms with Crippen molar-refractivity contribution in [1.82, 2.24) is 0 Å². The molecule has 172 valence electrons. The van der Waals surface area contributed by atoms with E-state index in [1.54, 1.807) is 12.1 Å². The van der Waals surface area contributed by atoms with Crippen LogP contribution in [0.25, 0.3) is 0 Å². The Morgan fingerprint density at radius 2 is 1.75 bits per heavy atom. The summed E-state index contributed by atoms with van der Waals surface area (Å²) in [5, 5.41) is 40.5.